The molecule has 2 fully saturated rings. The van der Waals surface area contributed by atoms with Gasteiger partial charge in [-0.05, 0) is 32.4 Å². The van der Waals surface area contributed by atoms with Gasteiger partial charge in [-0.15, -0.1) is 0 Å². The van der Waals surface area contributed by atoms with Gasteiger partial charge in [0.1, 0.15) is 0 Å². The minimum atomic E-state index is -0.101. The molecule has 1 saturated carbocycles. The van der Waals surface area contributed by atoms with Crippen LogP contribution in [0.3, 0.4) is 0 Å². The molecule has 2 rings (SSSR count). The average molecular weight is 240 g/mol. The van der Waals surface area contributed by atoms with E-state index < -0.39 is 0 Å². The highest BCUT2D eigenvalue weighted by molar-refractivity contribution is 5.69. The average Bonchev–Trinajstić information content (AvgIpc) is 2.77. The minimum absolute atomic E-state index is 0.101. The smallest absolute Gasteiger partial charge is 0.307 e. The van der Waals surface area contributed by atoms with Crippen LogP contribution in [0.2, 0.25) is 0 Å². The van der Waals surface area contributed by atoms with Crippen LogP contribution in [0.25, 0.3) is 0 Å². The molecule has 2 aliphatic rings. The summed E-state index contributed by atoms with van der Waals surface area (Å²) >= 11 is 0. The van der Waals surface area contributed by atoms with E-state index in [0.29, 0.717) is 6.42 Å². The first-order valence-corrected chi connectivity index (χ1v) is 6.84. The third-order valence-electron chi connectivity index (χ3n) is 3.99. The maximum atomic E-state index is 11.3. The van der Waals surface area contributed by atoms with Crippen molar-refractivity contribution in [2.24, 2.45) is 0 Å². The third-order valence-corrected chi connectivity index (χ3v) is 3.99. The largest absolute Gasteiger partial charge is 0.469 e. The van der Waals surface area contributed by atoms with Gasteiger partial charge in [0.2, 0.25) is 0 Å². The van der Waals surface area contributed by atoms with E-state index in [1.54, 1.807) is 0 Å². The fraction of sp³-hybridized carbons (Fsp3) is 0.923. The fourth-order valence-electron chi connectivity index (χ4n) is 3.05. The lowest BCUT2D eigenvalue weighted by Crippen LogP contribution is -2.42. The van der Waals surface area contributed by atoms with Crippen LogP contribution in [0.4, 0.5) is 0 Å². The number of hydrogen-bond donors (Lipinski definition) is 1. The van der Waals surface area contributed by atoms with E-state index in [0.717, 1.165) is 19.1 Å². The molecular weight excluding hydrogens is 216 g/mol. The molecule has 0 radical (unpaired) electrons. The predicted molar refractivity (Wildman–Crippen MR) is 66.9 cm³/mol. The van der Waals surface area contributed by atoms with Crippen molar-refractivity contribution in [3.8, 4) is 0 Å². The maximum Gasteiger partial charge on any atom is 0.307 e. The van der Waals surface area contributed by atoms with Crippen molar-refractivity contribution in [3.63, 3.8) is 0 Å². The highest BCUT2D eigenvalue weighted by atomic mass is 16.5. The zero-order valence-corrected chi connectivity index (χ0v) is 10.8. The Hall–Kier alpha value is -0.610. The Morgan fingerprint density at radius 1 is 1.35 bits per heavy atom. The van der Waals surface area contributed by atoms with Crippen molar-refractivity contribution in [1.29, 1.82) is 0 Å². The number of carbonyl (C=O) groups excluding carboxylic acids is 1. The van der Waals surface area contributed by atoms with Gasteiger partial charge in [-0.25, -0.2) is 0 Å². The molecule has 98 valence electrons. The summed E-state index contributed by atoms with van der Waals surface area (Å²) in [5.41, 5.74) is 0. The van der Waals surface area contributed by atoms with Crippen molar-refractivity contribution < 1.29 is 9.53 Å². The van der Waals surface area contributed by atoms with Crippen molar-refractivity contribution in [2.45, 2.75) is 50.6 Å². The summed E-state index contributed by atoms with van der Waals surface area (Å²) in [4.78, 5) is 13.9. The monoisotopic (exact) mass is 240 g/mol. The number of ether oxygens (including phenoxy) is 1. The third kappa shape index (κ3) is 3.68. The number of nitrogens with one attached hydrogen (secondary N) is 1. The Morgan fingerprint density at radius 3 is 2.82 bits per heavy atom. The van der Waals surface area contributed by atoms with E-state index in [9.17, 15) is 4.79 Å². The van der Waals surface area contributed by atoms with Crippen molar-refractivity contribution in [1.82, 2.24) is 10.2 Å². The molecule has 1 aliphatic heterocycles. The van der Waals surface area contributed by atoms with Gasteiger partial charge in [0.05, 0.1) is 13.5 Å². The molecule has 0 aromatic heterocycles. The van der Waals surface area contributed by atoms with E-state index in [4.69, 9.17) is 4.74 Å². The summed E-state index contributed by atoms with van der Waals surface area (Å²) in [5.74, 6) is -0.101. The Balaban J connectivity index is 1.87. The van der Waals surface area contributed by atoms with Crippen LogP contribution in [0.15, 0.2) is 0 Å². The SMILES string of the molecule is COC(=O)CC1CN(C2CCCC2)CCCN1. The maximum absolute atomic E-state index is 11.3. The van der Waals surface area contributed by atoms with Crippen molar-refractivity contribution in [3.05, 3.63) is 0 Å². The zero-order chi connectivity index (χ0) is 12.1. The molecule has 1 atom stereocenters. The van der Waals surface area contributed by atoms with E-state index in [-0.39, 0.29) is 12.0 Å². The van der Waals surface area contributed by atoms with Crippen LogP contribution in [0, 0.1) is 0 Å². The van der Waals surface area contributed by atoms with Gasteiger partial charge in [0.25, 0.3) is 0 Å². The number of methoxy groups -OCH3 is 1. The van der Waals surface area contributed by atoms with Crippen LogP contribution < -0.4 is 5.32 Å². The summed E-state index contributed by atoms with van der Waals surface area (Å²) in [6, 6.07) is 1.03. The molecular formula is C13H24N2O2. The van der Waals surface area contributed by atoms with Crippen LogP contribution in [0.5, 0.6) is 0 Å². The van der Waals surface area contributed by atoms with Gasteiger partial charge in [0.15, 0.2) is 0 Å². The standard InChI is InChI=1S/C13H24N2O2/c1-17-13(16)9-11-10-15(8-4-7-14-11)12-5-2-3-6-12/h11-12,14H,2-10H2,1H3. The highest BCUT2D eigenvalue weighted by Gasteiger charge is 2.27. The van der Waals surface area contributed by atoms with Crippen LogP contribution in [0.1, 0.15) is 38.5 Å². The van der Waals surface area contributed by atoms with Crippen molar-refractivity contribution >= 4 is 5.97 Å². The molecule has 4 nitrogen and oxygen atoms in total. The zero-order valence-electron chi connectivity index (χ0n) is 10.8. The van der Waals surface area contributed by atoms with Gasteiger partial charge >= 0.3 is 5.97 Å². The fourth-order valence-corrected chi connectivity index (χ4v) is 3.05. The second-order valence-electron chi connectivity index (χ2n) is 5.22. The normalized spacial score (nSPS) is 27.9. The number of nitrogens with zero attached hydrogens (tertiary/aromatic N) is 1. The van der Waals surface area contributed by atoms with E-state index in [1.807, 2.05) is 0 Å². The summed E-state index contributed by atoms with van der Waals surface area (Å²) in [7, 11) is 1.47. The lowest BCUT2D eigenvalue weighted by atomic mass is 10.1. The quantitative estimate of drug-likeness (QED) is 0.752. The summed E-state index contributed by atoms with van der Waals surface area (Å²) < 4.78 is 4.76. The van der Waals surface area contributed by atoms with Crippen molar-refractivity contribution in [2.75, 3.05) is 26.7 Å². The Kier molecular flexibility index (Phi) is 4.80. The van der Waals surface area contributed by atoms with Gasteiger partial charge < -0.3 is 10.1 Å². The van der Waals surface area contributed by atoms with Crippen LogP contribution >= 0.6 is 0 Å². The van der Waals surface area contributed by atoms with Gasteiger partial charge in [-0.2, -0.15) is 0 Å². The topological polar surface area (TPSA) is 41.6 Å². The van der Waals surface area contributed by atoms with Gasteiger partial charge in [-0.3, -0.25) is 9.69 Å². The first kappa shape index (κ1) is 12.8. The Labute approximate surface area is 104 Å². The molecule has 0 aromatic carbocycles. The second kappa shape index (κ2) is 6.36. The van der Waals surface area contributed by atoms with Gasteiger partial charge in [0, 0.05) is 18.6 Å². The summed E-state index contributed by atoms with van der Waals surface area (Å²) in [5, 5.41) is 3.46. The van der Waals surface area contributed by atoms with E-state index >= 15 is 0 Å². The molecule has 1 heterocycles. The van der Waals surface area contributed by atoms with E-state index in [2.05, 4.69) is 10.2 Å². The molecule has 1 N–H and O–H groups in total. The summed E-state index contributed by atoms with van der Waals surface area (Å²) in [6.45, 7) is 3.19. The highest BCUT2D eigenvalue weighted by Crippen LogP contribution is 2.24. The van der Waals surface area contributed by atoms with Gasteiger partial charge in [-0.1, -0.05) is 12.8 Å². The molecule has 1 unspecified atom stereocenters. The lowest BCUT2D eigenvalue weighted by Gasteiger charge is -2.29. The Morgan fingerprint density at radius 2 is 2.12 bits per heavy atom. The number of esters is 1. The molecule has 4 heteroatoms. The molecule has 0 bridgehead atoms. The first-order chi connectivity index (χ1) is 8.29. The molecule has 1 saturated heterocycles. The molecule has 0 amide bonds. The summed E-state index contributed by atoms with van der Waals surface area (Å²) in [6.07, 6.45) is 7.11. The molecule has 0 aromatic rings. The van der Waals surface area contributed by atoms with Crippen LogP contribution in [-0.2, 0) is 9.53 Å². The van der Waals surface area contributed by atoms with Crippen LogP contribution in [-0.4, -0.2) is 49.7 Å². The second-order valence-corrected chi connectivity index (χ2v) is 5.22. The number of rotatable bonds is 3. The lowest BCUT2D eigenvalue weighted by molar-refractivity contribution is -0.141. The molecule has 17 heavy (non-hydrogen) atoms. The first-order valence-electron chi connectivity index (χ1n) is 6.84. The Bertz CT molecular complexity index is 252. The minimum Gasteiger partial charge on any atom is -0.469 e. The predicted octanol–water partition coefficient (Wildman–Crippen LogP) is 1.16. The molecule has 0 spiro atoms. The van der Waals surface area contributed by atoms with E-state index in [1.165, 1.54) is 45.8 Å². The number of carbonyl (C=O) groups is 1. The number of hydrogen-bond acceptors (Lipinski definition) is 4. The molecule has 1 aliphatic carbocycles.